The molecule has 0 unspecified atom stereocenters. The lowest BCUT2D eigenvalue weighted by atomic mass is 10.3. The van der Waals surface area contributed by atoms with Crippen LogP contribution in [0.15, 0.2) is 30.5 Å². The molecule has 1 N–H and O–H groups in total. The predicted molar refractivity (Wildman–Crippen MR) is 64.4 cm³/mol. The fourth-order valence-corrected chi connectivity index (χ4v) is 1.38. The average Bonchev–Trinajstić information content (AvgIpc) is 3.12. The van der Waals surface area contributed by atoms with E-state index in [4.69, 9.17) is 4.74 Å². The molecule has 1 fully saturated rings. The number of allylic oxidation sites excluding steroid dienone is 1. The van der Waals surface area contributed by atoms with E-state index in [9.17, 15) is 0 Å². The van der Waals surface area contributed by atoms with Crippen LogP contribution < -0.4 is 10.1 Å². The maximum Gasteiger partial charge on any atom is 0.138 e. The molecule has 86 valence electrons. The Morgan fingerprint density at radius 3 is 3.00 bits per heavy atom. The van der Waals surface area contributed by atoms with Gasteiger partial charge in [0.15, 0.2) is 0 Å². The van der Waals surface area contributed by atoms with Crippen LogP contribution in [0.2, 0.25) is 0 Å². The van der Waals surface area contributed by atoms with Crippen LogP contribution in [-0.4, -0.2) is 17.6 Å². The molecule has 3 nitrogen and oxygen atoms in total. The van der Waals surface area contributed by atoms with Crippen LogP contribution in [0.1, 0.15) is 25.5 Å². The summed E-state index contributed by atoms with van der Waals surface area (Å²) in [4.78, 5) is 4.35. The molecule has 0 radical (unpaired) electrons. The Labute approximate surface area is 96.5 Å². The number of hydrogen-bond acceptors (Lipinski definition) is 3. The van der Waals surface area contributed by atoms with Crippen LogP contribution in [-0.2, 0) is 6.54 Å². The molecule has 0 aliphatic heterocycles. The number of aromatic nitrogens is 1. The molecule has 1 aliphatic carbocycles. The zero-order valence-electron chi connectivity index (χ0n) is 9.65. The summed E-state index contributed by atoms with van der Waals surface area (Å²) in [7, 11) is 0. The molecule has 1 heterocycles. The first-order chi connectivity index (χ1) is 7.88. The molecule has 0 bridgehead atoms. The molecule has 1 aromatic heterocycles. The second-order valence-electron chi connectivity index (χ2n) is 4.02. The minimum atomic E-state index is 0.609. The van der Waals surface area contributed by atoms with Crippen molar-refractivity contribution in [2.24, 2.45) is 0 Å². The van der Waals surface area contributed by atoms with Crippen molar-refractivity contribution in [3.8, 4) is 5.75 Å². The summed E-state index contributed by atoms with van der Waals surface area (Å²) in [5, 5.41) is 3.43. The number of ether oxygens (including phenoxy) is 1. The van der Waals surface area contributed by atoms with Gasteiger partial charge < -0.3 is 10.1 Å². The summed E-state index contributed by atoms with van der Waals surface area (Å²) < 4.78 is 5.47. The third kappa shape index (κ3) is 3.66. The molecule has 0 aromatic carbocycles. The summed E-state index contributed by atoms with van der Waals surface area (Å²) in [5.41, 5.74) is 1.07. The van der Waals surface area contributed by atoms with E-state index in [2.05, 4.69) is 10.3 Å². The minimum Gasteiger partial charge on any atom is -0.488 e. The van der Waals surface area contributed by atoms with E-state index in [0.717, 1.165) is 24.0 Å². The van der Waals surface area contributed by atoms with Gasteiger partial charge in [0.25, 0.3) is 0 Å². The highest BCUT2D eigenvalue weighted by molar-refractivity contribution is 5.20. The van der Waals surface area contributed by atoms with E-state index in [1.165, 1.54) is 12.8 Å². The summed E-state index contributed by atoms with van der Waals surface area (Å²) in [5.74, 6) is 0.827. The monoisotopic (exact) mass is 218 g/mol. The predicted octanol–water partition coefficient (Wildman–Crippen LogP) is 2.29. The zero-order valence-corrected chi connectivity index (χ0v) is 9.65. The van der Waals surface area contributed by atoms with Crippen molar-refractivity contribution in [3.05, 3.63) is 36.2 Å². The lowest BCUT2D eigenvalue weighted by Crippen LogP contribution is -2.16. The van der Waals surface area contributed by atoms with Gasteiger partial charge in [-0.1, -0.05) is 12.2 Å². The van der Waals surface area contributed by atoms with E-state index in [0.29, 0.717) is 6.61 Å². The molecular weight excluding hydrogens is 200 g/mol. The van der Waals surface area contributed by atoms with Gasteiger partial charge in [-0.05, 0) is 31.9 Å². The van der Waals surface area contributed by atoms with E-state index >= 15 is 0 Å². The molecule has 16 heavy (non-hydrogen) atoms. The Hall–Kier alpha value is -1.35. The number of nitrogens with zero attached hydrogens (tertiary/aromatic N) is 1. The molecule has 1 aliphatic rings. The molecule has 1 aromatic rings. The number of hydrogen-bond donors (Lipinski definition) is 1. The second kappa shape index (κ2) is 5.66. The fourth-order valence-electron chi connectivity index (χ4n) is 1.38. The molecule has 3 heteroatoms. The van der Waals surface area contributed by atoms with Crippen LogP contribution in [0.25, 0.3) is 0 Å². The number of rotatable bonds is 6. The number of pyridine rings is 1. The number of nitrogens with one attached hydrogen (secondary N) is 1. The highest BCUT2D eigenvalue weighted by atomic mass is 16.5. The van der Waals surface area contributed by atoms with E-state index in [1.807, 2.05) is 31.2 Å². The Balaban J connectivity index is 1.78. The largest absolute Gasteiger partial charge is 0.488 e. The van der Waals surface area contributed by atoms with Crippen molar-refractivity contribution >= 4 is 0 Å². The molecule has 2 rings (SSSR count). The van der Waals surface area contributed by atoms with Crippen molar-refractivity contribution in [2.75, 3.05) is 6.61 Å². The maximum absolute atomic E-state index is 5.47. The third-order valence-corrected chi connectivity index (χ3v) is 2.53. The van der Waals surface area contributed by atoms with Gasteiger partial charge in [0.1, 0.15) is 12.4 Å². The Morgan fingerprint density at radius 1 is 1.50 bits per heavy atom. The smallest absolute Gasteiger partial charge is 0.138 e. The minimum absolute atomic E-state index is 0.609. The Morgan fingerprint density at radius 2 is 2.38 bits per heavy atom. The molecule has 0 spiro atoms. The molecule has 0 saturated heterocycles. The summed E-state index contributed by atoms with van der Waals surface area (Å²) in [6.45, 7) is 3.45. The third-order valence-electron chi connectivity index (χ3n) is 2.53. The van der Waals surface area contributed by atoms with Crippen molar-refractivity contribution in [1.29, 1.82) is 0 Å². The van der Waals surface area contributed by atoms with Crippen LogP contribution in [0.3, 0.4) is 0 Å². The molecular formula is C13H18N2O. The van der Waals surface area contributed by atoms with Gasteiger partial charge in [0, 0.05) is 12.6 Å². The molecule has 0 atom stereocenters. The Bertz CT molecular complexity index is 341. The topological polar surface area (TPSA) is 34.1 Å². The standard InChI is InChI=1S/C13H18N2O/c1-2-3-8-16-13-7-6-12(15-10-13)9-14-11-4-5-11/h2-3,6-7,10-11,14H,4-5,8-9H2,1H3. The second-order valence-corrected chi connectivity index (χ2v) is 4.02. The summed E-state index contributed by atoms with van der Waals surface area (Å²) in [6.07, 6.45) is 8.35. The van der Waals surface area contributed by atoms with E-state index in [-0.39, 0.29) is 0 Å². The van der Waals surface area contributed by atoms with Crippen LogP contribution >= 0.6 is 0 Å². The summed E-state index contributed by atoms with van der Waals surface area (Å²) in [6, 6.07) is 4.72. The van der Waals surface area contributed by atoms with E-state index in [1.54, 1.807) is 6.20 Å². The first-order valence-corrected chi connectivity index (χ1v) is 5.81. The van der Waals surface area contributed by atoms with Gasteiger partial charge in [-0.15, -0.1) is 0 Å². The molecule has 0 amide bonds. The lowest BCUT2D eigenvalue weighted by Gasteiger charge is -2.05. The first-order valence-electron chi connectivity index (χ1n) is 5.81. The van der Waals surface area contributed by atoms with Gasteiger partial charge in [-0.2, -0.15) is 0 Å². The van der Waals surface area contributed by atoms with Gasteiger partial charge >= 0.3 is 0 Å². The lowest BCUT2D eigenvalue weighted by molar-refractivity contribution is 0.361. The van der Waals surface area contributed by atoms with Gasteiger partial charge in [0.05, 0.1) is 11.9 Å². The van der Waals surface area contributed by atoms with Gasteiger partial charge in [0.2, 0.25) is 0 Å². The highest BCUT2D eigenvalue weighted by Crippen LogP contribution is 2.19. The van der Waals surface area contributed by atoms with Crippen LogP contribution in [0.5, 0.6) is 5.75 Å². The first kappa shape index (κ1) is 11.1. The molecule has 1 saturated carbocycles. The van der Waals surface area contributed by atoms with Crippen molar-refractivity contribution in [3.63, 3.8) is 0 Å². The normalized spacial score (nSPS) is 15.6. The van der Waals surface area contributed by atoms with Gasteiger partial charge in [-0.25, -0.2) is 0 Å². The van der Waals surface area contributed by atoms with Crippen LogP contribution in [0.4, 0.5) is 0 Å². The highest BCUT2D eigenvalue weighted by Gasteiger charge is 2.19. The Kier molecular flexibility index (Phi) is 3.94. The van der Waals surface area contributed by atoms with Crippen molar-refractivity contribution in [2.45, 2.75) is 32.4 Å². The quantitative estimate of drug-likeness (QED) is 0.744. The SMILES string of the molecule is CC=CCOc1ccc(CNC2CC2)nc1. The van der Waals surface area contributed by atoms with Crippen LogP contribution in [0, 0.1) is 0 Å². The van der Waals surface area contributed by atoms with Crippen molar-refractivity contribution in [1.82, 2.24) is 10.3 Å². The van der Waals surface area contributed by atoms with Crippen molar-refractivity contribution < 1.29 is 4.74 Å². The maximum atomic E-state index is 5.47. The fraction of sp³-hybridized carbons (Fsp3) is 0.462. The average molecular weight is 218 g/mol. The van der Waals surface area contributed by atoms with Gasteiger partial charge in [-0.3, -0.25) is 4.98 Å². The van der Waals surface area contributed by atoms with E-state index < -0.39 is 0 Å². The zero-order chi connectivity index (χ0) is 11.2. The summed E-state index contributed by atoms with van der Waals surface area (Å²) >= 11 is 0.